The molecule has 9 heteroatoms. The summed E-state index contributed by atoms with van der Waals surface area (Å²) in [6.07, 6.45) is 4.23. The minimum Gasteiger partial charge on any atom is -0.508 e. The van der Waals surface area contributed by atoms with Crippen molar-refractivity contribution in [2.75, 3.05) is 19.7 Å². The maximum Gasteiger partial charge on any atom is 0.408 e. The van der Waals surface area contributed by atoms with Gasteiger partial charge in [-0.15, -0.1) is 0 Å². The molecular formula is C26H43N3O6. The van der Waals surface area contributed by atoms with Gasteiger partial charge < -0.3 is 30.5 Å². The predicted molar refractivity (Wildman–Crippen MR) is 135 cm³/mol. The Kier molecular flexibility index (Phi) is 13.2. The lowest BCUT2D eigenvalue weighted by Gasteiger charge is -2.34. The van der Waals surface area contributed by atoms with Crippen molar-refractivity contribution in [2.45, 2.75) is 90.8 Å². The molecule has 0 aliphatic carbocycles. The molecule has 0 radical (unpaired) electrons. The standard InChI is InChI=1S/C26H43N3O6/c1-6-8-10-13-17-29(24(33)20(18-30)28-25(34)35-26(3,4)5)22(23(32)27-16-9-7-2)19-14-11-12-15-21(19)31/h11-12,14-15,20,22,30-31H,6-10,13,16-18H2,1-5H3,(H,27,32)(H,28,34). The van der Waals surface area contributed by atoms with Crippen molar-refractivity contribution in [1.29, 1.82) is 0 Å². The van der Waals surface area contributed by atoms with Crippen molar-refractivity contribution in [2.24, 2.45) is 0 Å². The summed E-state index contributed by atoms with van der Waals surface area (Å²) in [5.74, 6) is -1.18. The third-order valence-electron chi connectivity index (χ3n) is 5.33. The molecule has 198 valence electrons. The zero-order valence-electron chi connectivity index (χ0n) is 21.8. The fraction of sp³-hybridized carbons (Fsp3) is 0.654. The number of alkyl carbamates (subject to hydrolysis) is 1. The van der Waals surface area contributed by atoms with E-state index in [9.17, 15) is 24.6 Å². The largest absolute Gasteiger partial charge is 0.508 e. The monoisotopic (exact) mass is 493 g/mol. The number of phenolic OH excluding ortho intramolecular Hbond substituents is 1. The van der Waals surface area contributed by atoms with Gasteiger partial charge in [-0.1, -0.05) is 57.7 Å². The van der Waals surface area contributed by atoms with Gasteiger partial charge in [0.25, 0.3) is 0 Å². The molecule has 3 amide bonds. The van der Waals surface area contributed by atoms with E-state index >= 15 is 0 Å². The number of aliphatic hydroxyl groups excluding tert-OH is 1. The SMILES string of the molecule is CCCCCCN(C(=O)C(CO)NC(=O)OC(C)(C)C)C(C(=O)NCCCC)c1ccccc1O. The number of hydrogen-bond donors (Lipinski definition) is 4. The van der Waals surface area contributed by atoms with Crippen molar-refractivity contribution in [1.82, 2.24) is 15.5 Å². The first kappa shape index (κ1) is 30.2. The Morgan fingerprint density at radius 2 is 1.69 bits per heavy atom. The number of unbranched alkanes of at least 4 members (excludes halogenated alkanes) is 4. The van der Waals surface area contributed by atoms with E-state index in [1.807, 2.05) is 6.92 Å². The molecule has 0 fully saturated rings. The van der Waals surface area contributed by atoms with Crippen molar-refractivity contribution in [3.63, 3.8) is 0 Å². The Bertz CT molecular complexity index is 809. The predicted octanol–water partition coefficient (Wildman–Crippen LogP) is 3.64. The van der Waals surface area contributed by atoms with E-state index in [0.29, 0.717) is 13.0 Å². The second kappa shape index (κ2) is 15.2. The Morgan fingerprint density at radius 1 is 1.03 bits per heavy atom. The Balaban J connectivity index is 3.34. The van der Waals surface area contributed by atoms with Crippen molar-refractivity contribution < 1.29 is 29.3 Å². The van der Waals surface area contributed by atoms with Gasteiger partial charge in [-0.25, -0.2) is 4.79 Å². The summed E-state index contributed by atoms with van der Waals surface area (Å²) in [4.78, 5) is 40.6. The molecule has 4 N–H and O–H groups in total. The van der Waals surface area contributed by atoms with E-state index in [1.54, 1.807) is 39.0 Å². The minimum absolute atomic E-state index is 0.116. The third kappa shape index (κ3) is 10.5. The summed E-state index contributed by atoms with van der Waals surface area (Å²) in [5, 5.41) is 25.8. The number of rotatable bonds is 14. The second-order valence-electron chi connectivity index (χ2n) is 9.58. The molecule has 9 nitrogen and oxygen atoms in total. The van der Waals surface area contributed by atoms with Gasteiger partial charge in [0.1, 0.15) is 23.4 Å². The van der Waals surface area contributed by atoms with Gasteiger partial charge in [0.2, 0.25) is 11.8 Å². The highest BCUT2D eigenvalue weighted by Crippen LogP contribution is 2.30. The number of amides is 3. The number of carbonyl (C=O) groups excluding carboxylic acids is 3. The first-order chi connectivity index (χ1) is 16.6. The van der Waals surface area contributed by atoms with Gasteiger partial charge in [-0.3, -0.25) is 9.59 Å². The molecule has 0 heterocycles. The van der Waals surface area contributed by atoms with E-state index < -0.39 is 42.2 Å². The van der Waals surface area contributed by atoms with Crippen LogP contribution >= 0.6 is 0 Å². The second-order valence-corrected chi connectivity index (χ2v) is 9.58. The van der Waals surface area contributed by atoms with Crippen LogP contribution in [-0.4, -0.2) is 64.4 Å². The lowest BCUT2D eigenvalue weighted by atomic mass is 10.0. The van der Waals surface area contributed by atoms with Crippen LogP contribution in [0.4, 0.5) is 4.79 Å². The number of ether oxygens (including phenoxy) is 1. The molecule has 0 aliphatic heterocycles. The Morgan fingerprint density at radius 3 is 2.26 bits per heavy atom. The van der Waals surface area contributed by atoms with Crippen LogP contribution < -0.4 is 10.6 Å². The number of carbonyl (C=O) groups is 3. The lowest BCUT2D eigenvalue weighted by Crippen LogP contribution is -2.54. The fourth-order valence-electron chi connectivity index (χ4n) is 3.57. The molecule has 1 aromatic carbocycles. The highest BCUT2D eigenvalue weighted by Gasteiger charge is 2.36. The lowest BCUT2D eigenvalue weighted by molar-refractivity contribution is -0.143. The van der Waals surface area contributed by atoms with Crippen molar-refractivity contribution in [3.8, 4) is 5.75 Å². The average Bonchev–Trinajstić information content (AvgIpc) is 2.79. The minimum atomic E-state index is -1.31. The molecule has 0 saturated carbocycles. The highest BCUT2D eigenvalue weighted by molar-refractivity contribution is 5.92. The zero-order chi connectivity index (χ0) is 26.4. The molecule has 2 atom stereocenters. The number of aliphatic hydroxyl groups is 1. The molecule has 1 aromatic rings. The average molecular weight is 494 g/mol. The number of nitrogens with zero attached hydrogens (tertiary/aromatic N) is 1. The van der Waals surface area contributed by atoms with Gasteiger partial charge in [0, 0.05) is 18.7 Å². The van der Waals surface area contributed by atoms with Gasteiger partial charge in [-0.2, -0.15) is 0 Å². The number of phenols is 1. The number of para-hydroxylation sites is 1. The van der Waals surface area contributed by atoms with Crippen LogP contribution in [0.25, 0.3) is 0 Å². The number of aromatic hydroxyl groups is 1. The van der Waals surface area contributed by atoms with Crippen LogP contribution in [-0.2, 0) is 14.3 Å². The molecule has 1 rings (SSSR count). The molecule has 0 bridgehead atoms. The molecule has 2 unspecified atom stereocenters. The molecule has 0 saturated heterocycles. The smallest absolute Gasteiger partial charge is 0.408 e. The summed E-state index contributed by atoms with van der Waals surface area (Å²) in [6, 6.07) is 3.94. The topological polar surface area (TPSA) is 128 Å². The summed E-state index contributed by atoms with van der Waals surface area (Å²) in [6.45, 7) is 9.12. The van der Waals surface area contributed by atoms with Gasteiger partial charge in [0.15, 0.2) is 0 Å². The summed E-state index contributed by atoms with van der Waals surface area (Å²) < 4.78 is 5.24. The normalized spacial score (nSPS) is 13.0. The van der Waals surface area contributed by atoms with E-state index in [1.165, 1.54) is 11.0 Å². The van der Waals surface area contributed by atoms with E-state index in [4.69, 9.17) is 4.74 Å². The molecule has 0 spiro atoms. The van der Waals surface area contributed by atoms with Crippen LogP contribution in [0.15, 0.2) is 24.3 Å². The van der Waals surface area contributed by atoms with Crippen LogP contribution in [0.2, 0.25) is 0 Å². The fourth-order valence-corrected chi connectivity index (χ4v) is 3.57. The number of hydrogen-bond acceptors (Lipinski definition) is 6. The zero-order valence-corrected chi connectivity index (χ0v) is 21.8. The summed E-state index contributed by atoms with van der Waals surface area (Å²) in [7, 11) is 0. The van der Waals surface area contributed by atoms with Crippen molar-refractivity contribution in [3.05, 3.63) is 29.8 Å². The highest BCUT2D eigenvalue weighted by atomic mass is 16.6. The first-order valence-corrected chi connectivity index (χ1v) is 12.5. The summed E-state index contributed by atoms with van der Waals surface area (Å²) >= 11 is 0. The Hall–Kier alpha value is -2.81. The van der Waals surface area contributed by atoms with Crippen LogP contribution in [0.1, 0.15) is 84.7 Å². The molecule has 0 aliphatic rings. The van der Waals surface area contributed by atoms with E-state index in [0.717, 1.165) is 32.1 Å². The van der Waals surface area contributed by atoms with Gasteiger partial charge >= 0.3 is 6.09 Å². The van der Waals surface area contributed by atoms with Gasteiger partial charge in [0.05, 0.1) is 6.61 Å². The maximum atomic E-state index is 13.6. The maximum absolute atomic E-state index is 13.6. The molecular weight excluding hydrogens is 450 g/mol. The Labute approximate surface area is 209 Å². The van der Waals surface area contributed by atoms with Crippen LogP contribution in [0.5, 0.6) is 5.75 Å². The van der Waals surface area contributed by atoms with E-state index in [-0.39, 0.29) is 17.9 Å². The van der Waals surface area contributed by atoms with E-state index in [2.05, 4.69) is 17.6 Å². The summed E-state index contributed by atoms with van der Waals surface area (Å²) in [5.41, 5.74) is -0.510. The molecule has 35 heavy (non-hydrogen) atoms. The number of nitrogens with one attached hydrogen (secondary N) is 2. The quantitative estimate of drug-likeness (QED) is 0.293. The third-order valence-corrected chi connectivity index (χ3v) is 5.33. The van der Waals surface area contributed by atoms with Gasteiger partial charge in [-0.05, 0) is 39.7 Å². The van der Waals surface area contributed by atoms with Crippen LogP contribution in [0.3, 0.4) is 0 Å². The van der Waals surface area contributed by atoms with Crippen LogP contribution in [0, 0.1) is 0 Å². The van der Waals surface area contributed by atoms with Crippen molar-refractivity contribution >= 4 is 17.9 Å². The molecule has 0 aromatic heterocycles. The number of benzene rings is 1. The first-order valence-electron chi connectivity index (χ1n) is 12.5.